The summed E-state index contributed by atoms with van der Waals surface area (Å²) in [6.45, 7) is 2.48. The Morgan fingerprint density at radius 1 is 1.10 bits per heavy atom. The Labute approximate surface area is 130 Å². The number of benzene rings is 1. The minimum Gasteiger partial charge on any atom is -0.207 e. The maximum Gasteiger partial charge on any atom is 0.261 e. The van der Waals surface area contributed by atoms with Gasteiger partial charge < -0.3 is 0 Å². The highest BCUT2D eigenvalue weighted by atomic mass is 35.7. The molecule has 0 N–H and O–H groups in total. The summed E-state index contributed by atoms with van der Waals surface area (Å²) in [6.07, 6.45) is 3.52. The first-order valence-electron chi connectivity index (χ1n) is 6.83. The van der Waals surface area contributed by atoms with E-state index in [-0.39, 0.29) is 15.8 Å². The molecule has 1 atom stereocenters. The summed E-state index contributed by atoms with van der Waals surface area (Å²) in [5.41, 5.74) is 0. The van der Waals surface area contributed by atoms with Gasteiger partial charge in [-0.2, -0.15) is 4.31 Å². The second-order valence-electron chi connectivity index (χ2n) is 5.08. The molecule has 0 spiro atoms. The largest absolute Gasteiger partial charge is 0.261 e. The van der Waals surface area contributed by atoms with Crippen molar-refractivity contribution in [2.24, 2.45) is 0 Å². The molecule has 1 heterocycles. The van der Waals surface area contributed by atoms with Gasteiger partial charge in [-0.05, 0) is 43.5 Å². The van der Waals surface area contributed by atoms with Crippen molar-refractivity contribution >= 4 is 29.8 Å². The standard InChI is InChI=1S/C13H18ClNO4S2/c1-2-11-5-3-4-10-15(11)21(18,19)13-8-6-12(7-9-13)20(14,16)17/h6-9,11H,2-5,10H2,1H3/t11-/m1/s1. The van der Waals surface area contributed by atoms with Crippen molar-refractivity contribution in [3.63, 3.8) is 0 Å². The van der Waals surface area contributed by atoms with Crippen LogP contribution in [-0.2, 0) is 19.1 Å². The number of nitrogens with zero attached hydrogens (tertiary/aromatic N) is 1. The van der Waals surface area contributed by atoms with E-state index in [1.54, 1.807) is 0 Å². The molecule has 0 unspecified atom stereocenters. The monoisotopic (exact) mass is 351 g/mol. The van der Waals surface area contributed by atoms with Crippen LogP contribution >= 0.6 is 10.7 Å². The van der Waals surface area contributed by atoms with Gasteiger partial charge in [0.1, 0.15) is 0 Å². The lowest BCUT2D eigenvalue weighted by molar-refractivity contribution is 0.246. The molecular weight excluding hydrogens is 334 g/mol. The Balaban J connectivity index is 2.35. The molecule has 1 aliphatic heterocycles. The number of sulfonamides is 1. The molecule has 0 radical (unpaired) electrons. The summed E-state index contributed by atoms with van der Waals surface area (Å²) < 4.78 is 49.2. The molecular formula is C13H18ClNO4S2. The fourth-order valence-electron chi connectivity index (χ4n) is 2.61. The summed E-state index contributed by atoms with van der Waals surface area (Å²) in [7, 11) is -2.20. The van der Waals surface area contributed by atoms with Crippen LogP contribution in [0.4, 0.5) is 0 Å². The predicted molar refractivity (Wildman–Crippen MR) is 81.3 cm³/mol. The molecule has 118 valence electrons. The Morgan fingerprint density at radius 3 is 2.19 bits per heavy atom. The van der Waals surface area contributed by atoms with E-state index in [9.17, 15) is 16.8 Å². The molecule has 0 amide bonds. The van der Waals surface area contributed by atoms with E-state index in [0.29, 0.717) is 6.54 Å². The Hall–Kier alpha value is -0.630. The minimum absolute atomic E-state index is 0.0141. The summed E-state index contributed by atoms with van der Waals surface area (Å²) >= 11 is 0. The topological polar surface area (TPSA) is 71.5 Å². The van der Waals surface area contributed by atoms with E-state index in [1.165, 1.54) is 28.6 Å². The van der Waals surface area contributed by atoms with Crippen molar-refractivity contribution in [2.45, 2.75) is 48.4 Å². The molecule has 0 saturated carbocycles. The maximum absolute atomic E-state index is 12.7. The highest BCUT2D eigenvalue weighted by Gasteiger charge is 2.32. The lowest BCUT2D eigenvalue weighted by Gasteiger charge is -2.34. The van der Waals surface area contributed by atoms with Gasteiger partial charge in [-0.25, -0.2) is 16.8 Å². The molecule has 1 aromatic carbocycles. The van der Waals surface area contributed by atoms with Gasteiger partial charge in [0, 0.05) is 23.3 Å². The summed E-state index contributed by atoms with van der Waals surface area (Å²) in [4.78, 5) is 0.000666. The summed E-state index contributed by atoms with van der Waals surface area (Å²) in [5.74, 6) is 0. The number of halogens is 1. The van der Waals surface area contributed by atoms with Crippen LogP contribution in [0.2, 0.25) is 0 Å². The third kappa shape index (κ3) is 3.59. The number of hydrogen-bond acceptors (Lipinski definition) is 4. The van der Waals surface area contributed by atoms with E-state index in [4.69, 9.17) is 10.7 Å². The van der Waals surface area contributed by atoms with Crippen LogP contribution in [0.1, 0.15) is 32.6 Å². The second-order valence-corrected chi connectivity index (χ2v) is 9.54. The fourth-order valence-corrected chi connectivity index (χ4v) is 5.14. The predicted octanol–water partition coefficient (Wildman–Crippen LogP) is 2.57. The lowest BCUT2D eigenvalue weighted by Crippen LogP contribution is -2.43. The van der Waals surface area contributed by atoms with Gasteiger partial charge >= 0.3 is 0 Å². The van der Waals surface area contributed by atoms with Crippen LogP contribution in [0.3, 0.4) is 0 Å². The number of hydrogen-bond donors (Lipinski definition) is 0. The zero-order valence-corrected chi connectivity index (χ0v) is 14.1. The zero-order chi connectivity index (χ0) is 15.7. The maximum atomic E-state index is 12.7. The van der Waals surface area contributed by atoms with Crippen LogP contribution in [0.25, 0.3) is 0 Å². The van der Waals surface area contributed by atoms with E-state index in [2.05, 4.69) is 0 Å². The fraction of sp³-hybridized carbons (Fsp3) is 0.538. The van der Waals surface area contributed by atoms with Crippen LogP contribution in [0, 0.1) is 0 Å². The van der Waals surface area contributed by atoms with Crippen LogP contribution in [-0.4, -0.2) is 33.7 Å². The molecule has 2 rings (SSSR count). The molecule has 1 aliphatic rings. The first-order chi connectivity index (χ1) is 9.76. The van der Waals surface area contributed by atoms with Gasteiger partial charge in [-0.3, -0.25) is 0 Å². The van der Waals surface area contributed by atoms with Crippen LogP contribution in [0.15, 0.2) is 34.1 Å². The molecule has 1 saturated heterocycles. The van der Waals surface area contributed by atoms with Crippen molar-refractivity contribution < 1.29 is 16.8 Å². The quantitative estimate of drug-likeness (QED) is 0.781. The molecule has 8 heteroatoms. The van der Waals surface area contributed by atoms with Gasteiger partial charge in [0.25, 0.3) is 9.05 Å². The molecule has 1 fully saturated rings. The van der Waals surface area contributed by atoms with E-state index in [0.717, 1.165) is 25.7 Å². The van der Waals surface area contributed by atoms with E-state index < -0.39 is 19.1 Å². The summed E-state index contributed by atoms with van der Waals surface area (Å²) in [6, 6.07) is 5.05. The van der Waals surface area contributed by atoms with Crippen LogP contribution in [0.5, 0.6) is 0 Å². The van der Waals surface area contributed by atoms with Crippen molar-refractivity contribution in [1.82, 2.24) is 4.31 Å². The van der Waals surface area contributed by atoms with E-state index >= 15 is 0 Å². The third-order valence-corrected chi connectivity index (χ3v) is 7.09. The molecule has 0 aromatic heterocycles. The smallest absolute Gasteiger partial charge is 0.207 e. The molecule has 21 heavy (non-hydrogen) atoms. The van der Waals surface area contributed by atoms with Gasteiger partial charge in [0.05, 0.1) is 9.79 Å². The summed E-state index contributed by atoms with van der Waals surface area (Å²) in [5, 5.41) is 0. The molecule has 5 nitrogen and oxygen atoms in total. The first-order valence-corrected chi connectivity index (χ1v) is 10.6. The SMILES string of the molecule is CC[C@@H]1CCCCN1S(=O)(=O)c1ccc(S(=O)(=O)Cl)cc1. The van der Waals surface area contributed by atoms with Crippen LogP contribution < -0.4 is 0 Å². The van der Waals surface area contributed by atoms with Gasteiger partial charge in [-0.15, -0.1) is 0 Å². The van der Waals surface area contributed by atoms with Gasteiger partial charge in [0.15, 0.2) is 0 Å². The highest BCUT2D eigenvalue weighted by Crippen LogP contribution is 2.27. The van der Waals surface area contributed by atoms with Crippen molar-refractivity contribution in [3.8, 4) is 0 Å². The Morgan fingerprint density at radius 2 is 1.67 bits per heavy atom. The highest BCUT2D eigenvalue weighted by molar-refractivity contribution is 8.13. The van der Waals surface area contributed by atoms with Gasteiger partial charge in [0.2, 0.25) is 10.0 Å². The van der Waals surface area contributed by atoms with Crippen molar-refractivity contribution in [2.75, 3.05) is 6.54 Å². The average molecular weight is 352 g/mol. The van der Waals surface area contributed by atoms with Gasteiger partial charge in [-0.1, -0.05) is 13.3 Å². The average Bonchev–Trinajstić information content (AvgIpc) is 2.46. The second kappa shape index (κ2) is 6.24. The Kier molecular flexibility index (Phi) is 4.97. The van der Waals surface area contributed by atoms with Crippen molar-refractivity contribution in [3.05, 3.63) is 24.3 Å². The Bertz CT molecular complexity index is 698. The normalized spacial score (nSPS) is 21.3. The first kappa shape index (κ1) is 16.7. The number of rotatable bonds is 4. The molecule has 1 aromatic rings. The zero-order valence-electron chi connectivity index (χ0n) is 11.7. The van der Waals surface area contributed by atoms with E-state index in [1.807, 2.05) is 6.92 Å². The minimum atomic E-state index is -3.84. The van der Waals surface area contributed by atoms with Crippen molar-refractivity contribution in [1.29, 1.82) is 0 Å². The molecule has 0 aliphatic carbocycles. The lowest BCUT2D eigenvalue weighted by atomic mass is 10.0. The molecule has 0 bridgehead atoms. The number of piperidine rings is 1. The third-order valence-electron chi connectivity index (χ3n) is 3.76.